The van der Waals surface area contributed by atoms with E-state index in [2.05, 4.69) is 16.8 Å². The van der Waals surface area contributed by atoms with E-state index in [1.54, 1.807) is 18.2 Å². The number of aromatic nitrogens is 1. The summed E-state index contributed by atoms with van der Waals surface area (Å²) in [5.41, 5.74) is 1.19. The standard InChI is InChI=1S/C16H14FNO3/c1-20-16-6-2-5-13(18-16)11-21-15-10-12(4-3-9-19)7-8-14(15)17/h2,5-8,10,19H,9,11H2,1H3. The van der Waals surface area contributed by atoms with E-state index >= 15 is 0 Å². The van der Waals surface area contributed by atoms with Gasteiger partial charge < -0.3 is 14.6 Å². The van der Waals surface area contributed by atoms with Crippen molar-refractivity contribution in [3.63, 3.8) is 0 Å². The third kappa shape index (κ3) is 4.20. The highest BCUT2D eigenvalue weighted by Gasteiger charge is 2.06. The summed E-state index contributed by atoms with van der Waals surface area (Å²) >= 11 is 0. The first kappa shape index (κ1) is 14.8. The van der Waals surface area contributed by atoms with E-state index in [9.17, 15) is 4.39 Å². The Balaban J connectivity index is 2.11. The Labute approximate surface area is 122 Å². The maximum atomic E-state index is 13.7. The third-order valence-electron chi connectivity index (χ3n) is 2.61. The maximum absolute atomic E-state index is 13.7. The van der Waals surface area contributed by atoms with Crippen molar-refractivity contribution in [1.82, 2.24) is 4.98 Å². The van der Waals surface area contributed by atoms with Crippen molar-refractivity contribution in [3.8, 4) is 23.5 Å². The van der Waals surface area contributed by atoms with Crippen LogP contribution < -0.4 is 9.47 Å². The zero-order chi connectivity index (χ0) is 15.1. The first-order chi connectivity index (χ1) is 10.2. The highest BCUT2D eigenvalue weighted by molar-refractivity contribution is 5.40. The number of rotatable bonds is 4. The number of aliphatic hydroxyl groups is 1. The zero-order valence-electron chi connectivity index (χ0n) is 11.5. The van der Waals surface area contributed by atoms with Gasteiger partial charge in [-0.15, -0.1) is 0 Å². The van der Waals surface area contributed by atoms with Gasteiger partial charge in [-0.3, -0.25) is 0 Å². The summed E-state index contributed by atoms with van der Waals surface area (Å²) in [4.78, 5) is 4.18. The van der Waals surface area contributed by atoms with E-state index in [0.717, 1.165) is 0 Å². The summed E-state index contributed by atoms with van der Waals surface area (Å²) < 4.78 is 24.1. The zero-order valence-corrected chi connectivity index (χ0v) is 11.5. The molecule has 0 aliphatic carbocycles. The molecule has 0 unspecified atom stereocenters. The second-order valence-corrected chi connectivity index (χ2v) is 4.07. The van der Waals surface area contributed by atoms with Crippen molar-refractivity contribution in [2.75, 3.05) is 13.7 Å². The summed E-state index contributed by atoms with van der Waals surface area (Å²) in [6.07, 6.45) is 0. The first-order valence-electron chi connectivity index (χ1n) is 6.25. The molecule has 0 spiro atoms. The highest BCUT2D eigenvalue weighted by atomic mass is 19.1. The van der Waals surface area contributed by atoms with Crippen LogP contribution in [0.4, 0.5) is 4.39 Å². The van der Waals surface area contributed by atoms with Crippen LogP contribution in [0.2, 0.25) is 0 Å². The second kappa shape index (κ2) is 7.27. The van der Waals surface area contributed by atoms with Gasteiger partial charge in [-0.1, -0.05) is 17.9 Å². The SMILES string of the molecule is COc1cccc(COc2cc(C#CCO)ccc2F)n1. The Hall–Kier alpha value is -2.58. The van der Waals surface area contributed by atoms with Crippen molar-refractivity contribution < 1.29 is 19.0 Å². The Morgan fingerprint density at radius 2 is 2.14 bits per heavy atom. The fourth-order valence-corrected chi connectivity index (χ4v) is 1.64. The molecule has 2 aromatic rings. The molecule has 21 heavy (non-hydrogen) atoms. The number of ether oxygens (including phenoxy) is 2. The molecule has 0 bridgehead atoms. The molecular formula is C16H14FNO3. The fourth-order valence-electron chi connectivity index (χ4n) is 1.64. The molecule has 1 N–H and O–H groups in total. The summed E-state index contributed by atoms with van der Waals surface area (Å²) in [5.74, 6) is 5.27. The van der Waals surface area contributed by atoms with Gasteiger partial charge in [0.25, 0.3) is 0 Å². The largest absolute Gasteiger partial charge is 0.484 e. The lowest BCUT2D eigenvalue weighted by molar-refractivity contribution is 0.283. The molecular weight excluding hydrogens is 273 g/mol. The van der Waals surface area contributed by atoms with Crippen LogP contribution in [0.25, 0.3) is 0 Å². The molecule has 108 valence electrons. The number of benzene rings is 1. The lowest BCUT2D eigenvalue weighted by atomic mass is 10.2. The molecule has 1 aromatic carbocycles. The molecule has 1 aromatic heterocycles. The van der Waals surface area contributed by atoms with Crippen LogP contribution >= 0.6 is 0 Å². The molecule has 2 rings (SSSR count). The minimum atomic E-state index is -0.479. The van der Waals surface area contributed by atoms with Gasteiger partial charge in [0.15, 0.2) is 11.6 Å². The fraction of sp³-hybridized carbons (Fsp3) is 0.188. The third-order valence-corrected chi connectivity index (χ3v) is 2.61. The number of methoxy groups -OCH3 is 1. The van der Waals surface area contributed by atoms with Crippen molar-refractivity contribution in [2.24, 2.45) is 0 Å². The van der Waals surface area contributed by atoms with Crippen LogP contribution in [0.1, 0.15) is 11.3 Å². The monoisotopic (exact) mass is 287 g/mol. The van der Waals surface area contributed by atoms with E-state index in [0.29, 0.717) is 17.1 Å². The Morgan fingerprint density at radius 3 is 2.90 bits per heavy atom. The Bertz CT molecular complexity index is 677. The molecule has 4 nitrogen and oxygen atoms in total. The molecule has 0 aliphatic rings. The Morgan fingerprint density at radius 1 is 1.29 bits per heavy atom. The predicted molar refractivity (Wildman–Crippen MR) is 75.5 cm³/mol. The van der Waals surface area contributed by atoms with Crippen LogP contribution in [0.5, 0.6) is 11.6 Å². The van der Waals surface area contributed by atoms with Gasteiger partial charge in [0.2, 0.25) is 5.88 Å². The summed E-state index contributed by atoms with van der Waals surface area (Å²) in [5, 5.41) is 8.65. The molecule has 5 heteroatoms. The van der Waals surface area contributed by atoms with Crippen LogP contribution in [0.3, 0.4) is 0 Å². The minimum absolute atomic E-state index is 0.0874. The number of nitrogens with zero attached hydrogens (tertiary/aromatic N) is 1. The number of aliphatic hydroxyl groups excluding tert-OH is 1. The van der Waals surface area contributed by atoms with E-state index in [1.807, 2.05) is 0 Å². The van der Waals surface area contributed by atoms with Gasteiger partial charge in [0.1, 0.15) is 13.2 Å². The summed E-state index contributed by atoms with van der Waals surface area (Å²) in [6, 6.07) is 9.54. The first-order valence-corrected chi connectivity index (χ1v) is 6.25. The van der Waals surface area contributed by atoms with E-state index in [-0.39, 0.29) is 19.0 Å². The normalized spacial score (nSPS) is 9.67. The van der Waals surface area contributed by atoms with Gasteiger partial charge in [0, 0.05) is 11.6 Å². The maximum Gasteiger partial charge on any atom is 0.213 e. The molecule has 0 radical (unpaired) electrons. The summed E-state index contributed by atoms with van der Waals surface area (Å²) in [6.45, 7) is -0.133. The average molecular weight is 287 g/mol. The van der Waals surface area contributed by atoms with E-state index in [4.69, 9.17) is 14.6 Å². The van der Waals surface area contributed by atoms with E-state index in [1.165, 1.54) is 25.3 Å². The van der Waals surface area contributed by atoms with Crippen LogP contribution in [0.15, 0.2) is 36.4 Å². The Kier molecular flexibility index (Phi) is 5.13. The molecule has 0 saturated carbocycles. The van der Waals surface area contributed by atoms with Crippen molar-refractivity contribution in [2.45, 2.75) is 6.61 Å². The van der Waals surface area contributed by atoms with E-state index < -0.39 is 5.82 Å². The lowest BCUT2D eigenvalue weighted by Crippen LogP contribution is -2.01. The van der Waals surface area contributed by atoms with Gasteiger partial charge in [-0.05, 0) is 24.3 Å². The van der Waals surface area contributed by atoms with Gasteiger partial charge in [-0.2, -0.15) is 0 Å². The topological polar surface area (TPSA) is 51.6 Å². The smallest absolute Gasteiger partial charge is 0.213 e. The van der Waals surface area contributed by atoms with Crippen molar-refractivity contribution >= 4 is 0 Å². The van der Waals surface area contributed by atoms with Gasteiger partial charge in [-0.25, -0.2) is 9.37 Å². The molecule has 0 amide bonds. The minimum Gasteiger partial charge on any atom is -0.484 e. The lowest BCUT2D eigenvalue weighted by Gasteiger charge is -2.08. The quantitative estimate of drug-likeness (QED) is 0.875. The highest BCUT2D eigenvalue weighted by Crippen LogP contribution is 2.20. The molecule has 0 aliphatic heterocycles. The molecule has 1 heterocycles. The number of pyridine rings is 1. The van der Waals surface area contributed by atoms with Crippen molar-refractivity contribution in [1.29, 1.82) is 0 Å². The number of hydrogen-bond donors (Lipinski definition) is 1. The van der Waals surface area contributed by atoms with Gasteiger partial charge >= 0.3 is 0 Å². The molecule has 0 atom stereocenters. The van der Waals surface area contributed by atoms with Gasteiger partial charge in [0.05, 0.1) is 12.8 Å². The second-order valence-electron chi connectivity index (χ2n) is 4.07. The van der Waals surface area contributed by atoms with Crippen molar-refractivity contribution in [3.05, 3.63) is 53.5 Å². The number of hydrogen-bond acceptors (Lipinski definition) is 4. The molecule has 0 fully saturated rings. The van der Waals surface area contributed by atoms with Crippen LogP contribution in [-0.4, -0.2) is 23.8 Å². The molecule has 0 saturated heterocycles. The van der Waals surface area contributed by atoms with Crippen LogP contribution in [-0.2, 0) is 6.61 Å². The number of halogens is 1. The average Bonchev–Trinajstić information content (AvgIpc) is 2.53. The van der Waals surface area contributed by atoms with Crippen LogP contribution in [0, 0.1) is 17.7 Å². The predicted octanol–water partition coefficient (Wildman–Crippen LogP) is 2.15. The summed E-state index contributed by atoms with van der Waals surface area (Å²) in [7, 11) is 1.52.